The molecule has 1 aromatic heterocycles. The lowest BCUT2D eigenvalue weighted by Gasteiger charge is -2.11. The maximum absolute atomic E-state index is 12.5. The first kappa shape index (κ1) is 15.5. The SMILES string of the molecule is Cc1cccc(NS(=O)(=O)c2ccc3c(c2)CCCC(=O)N3)n1. The number of hydrogen-bond donors (Lipinski definition) is 2. The third kappa shape index (κ3) is 3.50. The topological polar surface area (TPSA) is 88.2 Å². The Morgan fingerprint density at radius 1 is 1.17 bits per heavy atom. The molecule has 0 radical (unpaired) electrons. The second kappa shape index (κ2) is 6.00. The molecule has 6 nitrogen and oxygen atoms in total. The Bertz CT molecular complexity index is 863. The molecule has 0 unspecified atom stereocenters. The van der Waals surface area contributed by atoms with E-state index in [1.165, 1.54) is 6.07 Å². The van der Waals surface area contributed by atoms with Crippen molar-refractivity contribution in [2.75, 3.05) is 10.0 Å². The molecule has 0 atom stereocenters. The van der Waals surface area contributed by atoms with E-state index in [-0.39, 0.29) is 16.6 Å². The van der Waals surface area contributed by atoms with Crippen LogP contribution in [0.3, 0.4) is 0 Å². The quantitative estimate of drug-likeness (QED) is 0.904. The number of nitrogens with one attached hydrogen (secondary N) is 2. The molecule has 120 valence electrons. The van der Waals surface area contributed by atoms with Crippen molar-refractivity contribution in [1.29, 1.82) is 0 Å². The van der Waals surface area contributed by atoms with Crippen molar-refractivity contribution in [1.82, 2.24) is 4.98 Å². The Balaban J connectivity index is 1.91. The van der Waals surface area contributed by atoms with Crippen molar-refractivity contribution >= 4 is 27.4 Å². The molecule has 1 aliphatic rings. The van der Waals surface area contributed by atoms with Gasteiger partial charge in [0.2, 0.25) is 5.91 Å². The maximum Gasteiger partial charge on any atom is 0.263 e. The number of anilines is 2. The summed E-state index contributed by atoms with van der Waals surface area (Å²) in [7, 11) is -3.71. The molecule has 0 saturated heterocycles. The Kier molecular flexibility index (Phi) is 4.04. The number of carbonyl (C=O) groups is 1. The lowest BCUT2D eigenvalue weighted by Crippen LogP contribution is -2.15. The number of rotatable bonds is 3. The van der Waals surface area contributed by atoms with Crippen molar-refractivity contribution in [3.63, 3.8) is 0 Å². The zero-order chi connectivity index (χ0) is 16.4. The van der Waals surface area contributed by atoms with Gasteiger partial charge in [-0.1, -0.05) is 6.07 Å². The highest BCUT2D eigenvalue weighted by Crippen LogP contribution is 2.26. The van der Waals surface area contributed by atoms with E-state index in [2.05, 4.69) is 15.0 Å². The first-order valence-corrected chi connectivity index (χ1v) is 8.82. The first-order valence-electron chi connectivity index (χ1n) is 7.33. The average molecular weight is 331 g/mol. The van der Waals surface area contributed by atoms with E-state index in [4.69, 9.17) is 0 Å². The van der Waals surface area contributed by atoms with Crippen LogP contribution in [0.1, 0.15) is 24.1 Å². The third-order valence-corrected chi connectivity index (χ3v) is 4.99. The van der Waals surface area contributed by atoms with Gasteiger partial charge in [-0.15, -0.1) is 0 Å². The highest BCUT2D eigenvalue weighted by molar-refractivity contribution is 7.92. The first-order chi connectivity index (χ1) is 10.9. The van der Waals surface area contributed by atoms with Gasteiger partial charge >= 0.3 is 0 Å². The lowest BCUT2D eigenvalue weighted by atomic mass is 10.1. The third-order valence-electron chi connectivity index (χ3n) is 3.64. The molecule has 0 fully saturated rings. The summed E-state index contributed by atoms with van der Waals surface area (Å²) in [4.78, 5) is 15.9. The zero-order valence-corrected chi connectivity index (χ0v) is 13.5. The summed E-state index contributed by atoms with van der Waals surface area (Å²) in [5.41, 5.74) is 2.24. The van der Waals surface area contributed by atoms with Gasteiger partial charge in [-0.25, -0.2) is 13.4 Å². The summed E-state index contributed by atoms with van der Waals surface area (Å²) in [6.07, 6.45) is 1.82. The van der Waals surface area contributed by atoms with Crippen LogP contribution in [-0.4, -0.2) is 19.3 Å². The van der Waals surface area contributed by atoms with E-state index in [0.29, 0.717) is 24.9 Å². The summed E-state index contributed by atoms with van der Waals surface area (Å²) in [6.45, 7) is 1.79. The molecule has 0 bridgehead atoms. The number of nitrogens with zero attached hydrogens (tertiary/aromatic N) is 1. The summed E-state index contributed by atoms with van der Waals surface area (Å²) in [6, 6.07) is 9.88. The largest absolute Gasteiger partial charge is 0.326 e. The zero-order valence-electron chi connectivity index (χ0n) is 12.7. The number of sulfonamides is 1. The maximum atomic E-state index is 12.5. The summed E-state index contributed by atoms with van der Waals surface area (Å²) in [5, 5.41) is 2.79. The highest BCUT2D eigenvalue weighted by atomic mass is 32.2. The second-order valence-corrected chi connectivity index (χ2v) is 7.17. The summed E-state index contributed by atoms with van der Waals surface area (Å²) < 4.78 is 27.5. The highest BCUT2D eigenvalue weighted by Gasteiger charge is 2.19. The van der Waals surface area contributed by atoms with Crippen LogP contribution in [0.15, 0.2) is 41.3 Å². The molecule has 0 aliphatic carbocycles. The van der Waals surface area contributed by atoms with Gasteiger partial charge in [0.1, 0.15) is 5.82 Å². The molecule has 3 rings (SSSR count). The normalized spacial score (nSPS) is 14.6. The second-order valence-electron chi connectivity index (χ2n) is 5.49. The summed E-state index contributed by atoms with van der Waals surface area (Å²) in [5.74, 6) is 0.245. The van der Waals surface area contributed by atoms with Crippen molar-refractivity contribution in [2.45, 2.75) is 31.1 Å². The van der Waals surface area contributed by atoms with Gasteiger partial charge in [0.15, 0.2) is 0 Å². The van der Waals surface area contributed by atoms with Crippen LogP contribution >= 0.6 is 0 Å². The van der Waals surface area contributed by atoms with Crippen LogP contribution in [-0.2, 0) is 21.2 Å². The van der Waals surface area contributed by atoms with Crippen molar-refractivity contribution in [3.05, 3.63) is 47.7 Å². The standard InChI is InChI=1S/C16H17N3O3S/c1-11-4-2-6-15(17-11)19-23(21,22)13-8-9-14-12(10-13)5-3-7-16(20)18-14/h2,4,6,8-10H,3,5,7H2,1H3,(H,17,19)(H,18,20). The van der Waals surface area contributed by atoms with Crippen LogP contribution in [0.4, 0.5) is 11.5 Å². The predicted octanol–water partition coefficient (Wildman–Crippen LogP) is 2.47. The van der Waals surface area contributed by atoms with E-state index in [0.717, 1.165) is 11.3 Å². The molecule has 0 spiro atoms. The fourth-order valence-electron chi connectivity index (χ4n) is 2.51. The molecule has 2 heterocycles. The van der Waals surface area contributed by atoms with Crippen LogP contribution < -0.4 is 10.0 Å². The van der Waals surface area contributed by atoms with Gasteiger partial charge < -0.3 is 5.32 Å². The number of aryl methyl sites for hydroxylation is 2. The van der Waals surface area contributed by atoms with Gasteiger partial charge in [-0.05, 0) is 55.7 Å². The van der Waals surface area contributed by atoms with Crippen LogP contribution in [0.25, 0.3) is 0 Å². The van der Waals surface area contributed by atoms with Gasteiger partial charge in [0.25, 0.3) is 10.0 Å². The van der Waals surface area contributed by atoms with Gasteiger partial charge in [0.05, 0.1) is 4.90 Å². The fourth-order valence-corrected chi connectivity index (χ4v) is 3.57. The molecule has 2 aromatic rings. The number of amides is 1. The van der Waals surface area contributed by atoms with Crippen LogP contribution in [0, 0.1) is 6.92 Å². The molecular weight excluding hydrogens is 314 g/mol. The number of aromatic nitrogens is 1. The fraction of sp³-hybridized carbons (Fsp3) is 0.250. The smallest absolute Gasteiger partial charge is 0.263 e. The predicted molar refractivity (Wildman–Crippen MR) is 87.8 cm³/mol. The van der Waals surface area contributed by atoms with E-state index in [1.54, 1.807) is 37.3 Å². The summed E-state index contributed by atoms with van der Waals surface area (Å²) >= 11 is 0. The van der Waals surface area contributed by atoms with Crippen LogP contribution in [0.5, 0.6) is 0 Å². The molecule has 2 N–H and O–H groups in total. The van der Waals surface area contributed by atoms with Crippen molar-refractivity contribution < 1.29 is 13.2 Å². The number of fused-ring (bicyclic) bond motifs is 1. The minimum Gasteiger partial charge on any atom is -0.326 e. The number of hydrogen-bond acceptors (Lipinski definition) is 4. The molecule has 1 aliphatic heterocycles. The monoisotopic (exact) mass is 331 g/mol. The lowest BCUT2D eigenvalue weighted by molar-refractivity contribution is -0.116. The Morgan fingerprint density at radius 2 is 2.00 bits per heavy atom. The molecule has 7 heteroatoms. The Morgan fingerprint density at radius 3 is 2.78 bits per heavy atom. The Hall–Kier alpha value is -2.41. The van der Waals surface area contributed by atoms with Gasteiger partial charge in [-0.3, -0.25) is 9.52 Å². The molecule has 23 heavy (non-hydrogen) atoms. The number of pyridine rings is 1. The van der Waals surface area contributed by atoms with Crippen molar-refractivity contribution in [3.8, 4) is 0 Å². The van der Waals surface area contributed by atoms with Gasteiger partial charge in [-0.2, -0.15) is 0 Å². The molecule has 1 aromatic carbocycles. The minimum atomic E-state index is -3.71. The van der Waals surface area contributed by atoms with E-state index < -0.39 is 10.0 Å². The number of carbonyl (C=O) groups excluding carboxylic acids is 1. The van der Waals surface area contributed by atoms with E-state index in [1.807, 2.05) is 0 Å². The molecule has 1 amide bonds. The van der Waals surface area contributed by atoms with E-state index >= 15 is 0 Å². The van der Waals surface area contributed by atoms with E-state index in [9.17, 15) is 13.2 Å². The van der Waals surface area contributed by atoms with Crippen LogP contribution in [0.2, 0.25) is 0 Å². The number of benzene rings is 1. The van der Waals surface area contributed by atoms with Gasteiger partial charge in [0, 0.05) is 17.8 Å². The minimum absolute atomic E-state index is 0.0403. The average Bonchev–Trinajstić information content (AvgIpc) is 2.66. The van der Waals surface area contributed by atoms with Crippen molar-refractivity contribution in [2.24, 2.45) is 0 Å². The Labute approximate surface area is 135 Å². The molecular formula is C16H17N3O3S. The molecule has 0 saturated carbocycles.